The second kappa shape index (κ2) is 7.48. The van der Waals surface area contributed by atoms with E-state index in [-0.39, 0.29) is 12.4 Å². The lowest BCUT2D eigenvalue weighted by Gasteiger charge is -2.06. The minimum absolute atomic E-state index is 0.153. The molecule has 0 saturated heterocycles. The Morgan fingerprint density at radius 3 is 3.00 bits per heavy atom. The first kappa shape index (κ1) is 15.9. The summed E-state index contributed by atoms with van der Waals surface area (Å²) in [6, 6.07) is 8.69. The summed E-state index contributed by atoms with van der Waals surface area (Å²) in [5.74, 6) is 3.41. The molecule has 2 rings (SSSR count). The van der Waals surface area contributed by atoms with Crippen LogP contribution in [0.3, 0.4) is 0 Å². The van der Waals surface area contributed by atoms with Crippen LogP contribution in [0.25, 0.3) is 0 Å². The number of nitrogens with one attached hydrogen (secondary N) is 1. The number of ether oxygens (including phenoxy) is 1. The van der Waals surface area contributed by atoms with Crippen molar-refractivity contribution in [2.24, 2.45) is 5.10 Å². The molecule has 0 aliphatic rings. The maximum atomic E-state index is 11.8. The number of benzene rings is 1. The molecule has 22 heavy (non-hydrogen) atoms. The van der Waals surface area contributed by atoms with Crippen LogP contribution in [0.2, 0.25) is 0 Å². The highest BCUT2D eigenvalue weighted by molar-refractivity contribution is 9.10. The first-order valence-electron chi connectivity index (χ1n) is 6.36. The Morgan fingerprint density at radius 2 is 2.32 bits per heavy atom. The van der Waals surface area contributed by atoms with Gasteiger partial charge in [-0.15, -0.1) is 6.42 Å². The monoisotopic (exact) mass is 360 g/mol. The molecule has 1 heterocycles. The highest BCUT2D eigenvalue weighted by Gasteiger charge is 2.08. The van der Waals surface area contributed by atoms with E-state index in [1.165, 1.54) is 6.21 Å². The number of furan rings is 1. The van der Waals surface area contributed by atoms with Crippen molar-refractivity contribution in [3.05, 3.63) is 51.9 Å². The molecule has 112 valence electrons. The van der Waals surface area contributed by atoms with Gasteiger partial charge in [0, 0.05) is 10.0 Å². The van der Waals surface area contributed by atoms with Gasteiger partial charge in [-0.05, 0) is 37.3 Å². The number of carbonyl (C=O) groups excluding carboxylic acids is 1. The Balaban J connectivity index is 2.07. The molecule has 0 aliphatic carbocycles. The van der Waals surface area contributed by atoms with Gasteiger partial charge in [0.1, 0.15) is 18.1 Å². The van der Waals surface area contributed by atoms with E-state index in [2.05, 4.69) is 32.4 Å². The van der Waals surface area contributed by atoms with Crippen molar-refractivity contribution in [3.63, 3.8) is 0 Å². The lowest BCUT2D eigenvalue weighted by molar-refractivity contribution is 0.0926. The first-order valence-corrected chi connectivity index (χ1v) is 7.15. The molecule has 1 aromatic heterocycles. The van der Waals surface area contributed by atoms with Crippen LogP contribution in [-0.2, 0) is 0 Å². The van der Waals surface area contributed by atoms with Crippen molar-refractivity contribution in [3.8, 4) is 18.1 Å². The fourth-order valence-corrected chi connectivity index (χ4v) is 2.02. The number of aryl methyl sites for hydroxylation is 1. The fraction of sp³-hybridized carbons (Fsp3) is 0.125. The molecule has 1 amide bonds. The fourth-order valence-electron chi connectivity index (χ4n) is 1.64. The topological polar surface area (TPSA) is 63.8 Å². The van der Waals surface area contributed by atoms with E-state index in [1.54, 1.807) is 31.2 Å². The summed E-state index contributed by atoms with van der Waals surface area (Å²) in [5.41, 5.74) is 3.07. The average Bonchev–Trinajstić information content (AvgIpc) is 2.93. The van der Waals surface area contributed by atoms with Crippen LogP contribution in [0.5, 0.6) is 5.75 Å². The highest BCUT2D eigenvalue weighted by Crippen LogP contribution is 2.21. The third kappa shape index (κ3) is 4.24. The average molecular weight is 361 g/mol. The van der Waals surface area contributed by atoms with Crippen LogP contribution in [0.15, 0.2) is 44.3 Å². The van der Waals surface area contributed by atoms with Gasteiger partial charge >= 0.3 is 5.91 Å². The van der Waals surface area contributed by atoms with Crippen LogP contribution in [0.4, 0.5) is 0 Å². The summed E-state index contributed by atoms with van der Waals surface area (Å²) in [4.78, 5) is 11.8. The van der Waals surface area contributed by atoms with Gasteiger partial charge in [0.2, 0.25) is 0 Å². The number of rotatable bonds is 5. The summed E-state index contributed by atoms with van der Waals surface area (Å²) in [5, 5.41) is 3.90. The molecular weight excluding hydrogens is 348 g/mol. The number of nitrogens with zero attached hydrogens (tertiary/aromatic N) is 1. The van der Waals surface area contributed by atoms with Crippen LogP contribution in [0.1, 0.15) is 21.9 Å². The summed E-state index contributed by atoms with van der Waals surface area (Å²) in [6.07, 6.45) is 6.65. The van der Waals surface area contributed by atoms with Crippen molar-refractivity contribution < 1.29 is 13.9 Å². The minimum Gasteiger partial charge on any atom is -0.480 e. The van der Waals surface area contributed by atoms with Crippen molar-refractivity contribution in [1.82, 2.24) is 5.43 Å². The van der Waals surface area contributed by atoms with Crippen LogP contribution < -0.4 is 10.2 Å². The summed E-state index contributed by atoms with van der Waals surface area (Å²) in [7, 11) is 0. The number of carbonyl (C=O) groups is 1. The smallest absolute Gasteiger partial charge is 0.307 e. The second-order valence-electron chi connectivity index (χ2n) is 4.28. The van der Waals surface area contributed by atoms with E-state index in [1.807, 2.05) is 6.07 Å². The first-order chi connectivity index (χ1) is 10.6. The molecular formula is C16H13BrN2O3. The van der Waals surface area contributed by atoms with Crippen molar-refractivity contribution >= 4 is 28.1 Å². The van der Waals surface area contributed by atoms with Gasteiger partial charge in [-0.2, -0.15) is 5.10 Å². The van der Waals surface area contributed by atoms with E-state index in [4.69, 9.17) is 15.6 Å². The van der Waals surface area contributed by atoms with E-state index >= 15 is 0 Å². The van der Waals surface area contributed by atoms with E-state index in [0.717, 1.165) is 4.47 Å². The molecule has 0 unspecified atom stereocenters. The molecule has 2 aromatic rings. The third-order valence-electron chi connectivity index (χ3n) is 2.62. The number of hydrogen-bond donors (Lipinski definition) is 1. The summed E-state index contributed by atoms with van der Waals surface area (Å²) in [6.45, 7) is 1.91. The van der Waals surface area contributed by atoms with E-state index < -0.39 is 5.91 Å². The standard InChI is InChI=1S/C16H13BrN2O3/c1-3-8-21-14-7-5-13(17)9-12(14)10-18-19-16(20)15-6-4-11(2)22-15/h1,4-7,9-10H,8H2,2H3,(H,19,20)/b18-10+. The molecule has 6 heteroatoms. The largest absolute Gasteiger partial charge is 0.480 e. The third-order valence-corrected chi connectivity index (χ3v) is 3.11. The quantitative estimate of drug-likeness (QED) is 0.506. The normalized spacial score (nSPS) is 10.4. The second-order valence-corrected chi connectivity index (χ2v) is 5.20. The van der Waals surface area contributed by atoms with Gasteiger partial charge in [-0.25, -0.2) is 5.43 Å². The zero-order valence-electron chi connectivity index (χ0n) is 11.8. The van der Waals surface area contributed by atoms with Crippen LogP contribution in [0, 0.1) is 19.3 Å². The highest BCUT2D eigenvalue weighted by atomic mass is 79.9. The zero-order chi connectivity index (χ0) is 15.9. The molecule has 0 fully saturated rings. The van der Waals surface area contributed by atoms with Crippen LogP contribution >= 0.6 is 15.9 Å². The lowest BCUT2D eigenvalue weighted by atomic mass is 10.2. The van der Waals surface area contributed by atoms with Crippen molar-refractivity contribution in [2.75, 3.05) is 6.61 Å². The Hall–Kier alpha value is -2.52. The molecule has 1 aromatic carbocycles. The molecule has 0 spiro atoms. The number of halogens is 1. The van der Waals surface area contributed by atoms with Gasteiger partial charge in [0.05, 0.1) is 6.21 Å². The molecule has 0 atom stereocenters. The predicted molar refractivity (Wildman–Crippen MR) is 87.0 cm³/mol. The zero-order valence-corrected chi connectivity index (χ0v) is 13.4. The maximum absolute atomic E-state index is 11.8. The summed E-state index contributed by atoms with van der Waals surface area (Å²) >= 11 is 3.36. The van der Waals surface area contributed by atoms with Gasteiger partial charge in [0.25, 0.3) is 0 Å². The molecule has 0 aliphatic heterocycles. The van der Waals surface area contributed by atoms with Crippen LogP contribution in [-0.4, -0.2) is 18.7 Å². The van der Waals surface area contributed by atoms with Gasteiger partial charge in [0.15, 0.2) is 5.76 Å². The maximum Gasteiger partial charge on any atom is 0.307 e. The Kier molecular flexibility index (Phi) is 5.39. The SMILES string of the molecule is C#CCOc1ccc(Br)cc1/C=N/NC(=O)c1ccc(C)o1. The number of amides is 1. The van der Waals surface area contributed by atoms with Crippen molar-refractivity contribution in [1.29, 1.82) is 0 Å². The predicted octanol–water partition coefficient (Wildman–Crippen LogP) is 3.13. The number of hydrogen-bond acceptors (Lipinski definition) is 4. The van der Waals surface area contributed by atoms with E-state index in [0.29, 0.717) is 17.1 Å². The van der Waals surface area contributed by atoms with Crippen molar-refractivity contribution in [2.45, 2.75) is 6.92 Å². The van der Waals surface area contributed by atoms with Gasteiger partial charge in [-0.1, -0.05) is 21.9 Å². The number of terminal acetylenes is 1. The number of hydrazone groups is 1. The minimum atomic E-state index is -0.426. The lowest BCUT2D eigenvalue weighted by Crippen LogP contribution is -2.16. The van der Waals surface area contributed by atoms with E-state index in [9.17, 15) is 4.79 Å². The Morgan fingerprint density at radius 1 is 1.50 bits per heavy atom. The Labute approximate surface area is 136 Å². The molecule has 1 N–H and O–H groups in total. The summed E-state index contributed by atoms with van der Waals surface area (Å²) < 4.78 is 11.5. The molecule has 0 saturated carbocycles. The molecule has 0 bridgehead atoms. The Bertz CT molecular complexity index is 744. The van der Waals surface area contributed by atoms with Gasteiger partial charge < -0.3 is 9.15 Å². The van der Waals surface area contributed by atoms with Gasteiger partial charge in [-0.3, -0.25) is 4.79 Å². The molecule has 0 radical (unpaired) electrons. The molecule has 5 nitrogen and oxygen atoms in total.